The monoisotopic (exact) mass is 1540 g/mol. The van der Waals surface area contributed by atoms with Crippen LogP contribution < -0.4 is 37.8 Å². The van der Waals surface area contributed by atoms with Crippen molar-refractivity contribution < 1.29 is 91.2 Å². The molecule has 4 atom stereocenters. The number of hydrogen-bond donors (Lipinski definition) is 2. The molecule has 0 bridgehead atoms. The Morgan fingerprint density at radius 3 is 1.28 bits per heavy atom. The molecule has 94 heavy (non-hydrogen) atoms. The predicted octanol–water partition coefficient (Wildman–Crippen LogP) is 11.8. The first-order valence-electron chi connectivity index (χ1n) is 32.0. The fraction of sp³-hybridized carbons (Fsp3) is 0.427. The molecule has 2 N–H and O–H groups in total. The summed E-state index contributed by atoms with van der Waals surface area (Å²) in [6, 6.07) is 33.4. The molecule has 0 spiro atoms. The number of allylic oxidation sites excluding steroid dienone is 5. The first-order valence-corrected chi connectivity index (χ1v) is 41.7. The third kappa shape index (κ3) is 25.5. The van der Waals surface area contributed by atoms with Gasteiger partial charge in [0.05, 0.1) is 24.4 Å². The molecule has 0 amide bonds. The van der Waals surface area contributed by atoms with Crippen LogP contribution in [0.5, 0.6) is 0 Å². The second kappa shape index (κ2) is 40.3. The van der Waals surface area contributed by atoms with Gasteiger partial charge in [-0.3, -0.25) is 19.2 Å². The van der Waals surface area contributed by atoms with Gasteiger partial charge in [0.25, 0.3) is 0 Å². The van der Waals surface area contributed by atoms with E-state index in [2.05, 4.69) is 95.3 Å². The Bertz CT molecular complexity index is 3410. The first-order chi connectivity index (χ1) is 44.2. The Hall–Kier alpha value is -5.42. The van der Waals surface area contributed by atoms with Crippen molar-refractivity contribution in [2.45, 2.75) is 175 Å². The van der Waals surface area contributed by atoms with Crippen LogP contribution in [0.25, 0.3) is 5.57 Å². The molecule has 3 aliphatic carbocycles. The summed E-state index contributed by atoms with van der Waals surface area (Å²) in [5, 5.41) is 32.2. The molecular weight excluding hydrogens is 1450 g/mol. The summed E-state index contributed by atoms with van der Waals surface area (Å²) in [6.45, 7) is 22.1. The third-order valence-electron chi connectivity index (χ3n) is 16.1. The van der Waals surface area contributed by atoms with Gasteiger partial charge in [-0.2, -0.15) is 0 Å². The van der Waals surface area contributed by atoms with Crippen LogP contribution in [0.15, 0.2) is 141 Å². The Morgan fingerprint density at radius 1 is 0.521 bits per heavy atom. The van der Waals surface area contributed by atoms with Crippen LogP contribution in [0.1, 0.15) is 155 Å². The summed E-state index contributed by atoms with van der Waals surface area (Å²) < 4.78 is 21.7. The standard InChI is InChI=1S/C26H32O2S.C17H20O4S.C15H18O2S.C11H15.3C2H4O2.Na.Pb/c1-5-20-13-18(4)14-21(6-2)25(20)26-23(27)15-19(16-24(26)28)11-12-29-22-9-7-17(3)8-10-22;1-11-3-5-14(6-4-11)22-8-7-12-9-13(18)10-15(19)16(12)17(20)21-2;1-11-2-4-15(5-3-11)18-7-6-12-8-13(16)10-14(17)9-12;1-4-10-6-9(3)7-11(5-2)8-10;3*1-2(3)4;;/h7-10,13-14,19,27H,5-6,11-12,15-16H2,1-4H3;3-6,10,12,16,19H,7-9H2,1-2H3;2-5,10,12,16H,6-9H2,1H3;6-7H,4-5H2,1-3H3;3*1H3,(H,3,4);;/q;;;;;;;+1;+3/p-4. The van der Waals surface area contributed by atoms with Crippen LogP contribution in [0.3, 0.4) is 0 Å². The Morgan fingerprint density at radius 2 is 0.904 bits per heavy atom. The van der Waals surface area contributed by atoms with Crippen molar-refractivity contribution in [1.29, 1.82) is 0 Å². The molecule has 4 unspecified atom stereocenters. The molecule has 0 saturated heterocycles. The van der Waals surface area contributed by atoms with Gasteiger partial charge < -0.3 is 20.1 Å². The minimum Gasteiger partial charge on any atom is -0.875 e. The number of thioether (sulfide) groups is 3. The van der Waals surface area contributed by atoms with Gasteiger partial charge in [-0.15, -0.1) is 41.0 Å². The van der Waals surface area contributed by atoms with Gasteiger partial charge in [0.2, 0.25) is 0 Å². The molecule has 5 aromatic rings. The van der Waals surface area contributed by atoms with E-state index < -0.39 is 58.1 Å². The van der Waals surface area contributed by atoms with Crippen molar-refractivity contribution in [1.82, 2.24) is 0 Å². The van der Waals surface area contributed by atoms with Crippen LogP contribution in [0.4, 0.5) is 0 Å². The van der Waals surface area contributed by atoms with E-state index >= 15 is 0 Å². The maximum Gasteiger partial charge on any atom is 1.00 e. The number of aryl methyl sites for hydroxylation is 9. The van der Waals surface area contributed by atoms with E-state index in [0.717, 1.165) is 76.2 Å². The van der Waals surface area contributed by atoms with Gasteiger partial charge in [0.1, 0.15) is 5.76 Å². The van der Waals surface area contributed by atoms with E-state index in [1.54, 1.807) is 11.8 Å². The van der Waals surface area contributed by atoms with Crippen molar-refractivity contribution >= 4 is 108 Å². The van der Waals surface area contributed by atoms with E-state index in [9.17, 15) is 48.9 Å². The van der Waals surface area contributed by atoms with E-state index in [-0.39, 0.29) is 70.9 Å². The molecule has 3 aliphatic rings. The quantitative estimate of drug-likeness (QED) is 0.0374. The number of aliphatic hydroxyl groups excluding tert-OH is 2. The van der Waals surface area contributed by atoms with Gasteiger partial charge in [-0.1, -0.05) is 84.6 Å². The van der Waals surface area contributed by atoms with E-state index in [1.165, 1.54) is 77.1 Å². The van der Waals surface area contributed by atoms with Gasteiger partial charge in [0.15, 0.2) is 17.3 Å². The molecule has 500 valence electrons. The fourth-order valence-electron chi connectivity index (χ4n) is 11.7. The van der Waals surface area contributed by atoms with Gasteiger partial charge in [-0.25, -0.2) is 0 Å². The summed E-state index contributed by atoms with van der Waals surface area (Å²) in [5.74, 6) is -0.223. The molecule has 0 heterocycles. The summed E-state index contributed by atoms with van der Waals surface area (Å²) in [5.41, 5.74) is 11.7. The van der Waals surface area contributed by atoms with Crippen LogP contribution in [-0.2, 0) is 72.0 Å². The molecule has 19 heteroatoms. The number of esters is 1. The zero-order valence-electron chi connectivity index (χ0n) is 57.3. The van der Waals surface area contributed by atoms with Crippen LogP contribution in [0.2, 0.25) is 0 Å². The van der Waals surface area contributed by atoms with Crippen molar-refractivity contribution in [2.75, 3.05) is 24.4 Å². The van der Waals surface area contributed by atoms with E-state index in [0.29, 0.717) is 65.3 Å². The number of benzene rings is 5. The second-order valence-electron chi connectivity index (χ2n) is 23.9. The molecule has 0 radical (unpaired) electrons. The normalized spacial score (nSPS) is 16.8. The largest absolute Gasteiger partial charge is 1.00 e. The zero-order chi connectivity index (χ0) is 68.5. The SMILES string of the molecule is CCc1cc(C)cc(CC)[c]1[Pb]([O]C(C)=O)([O]C(C)=O)[O]C(C)=O.CCc1cc(C)cc(CC)c1C1=C(O)CC(CCSc2ccc(C)cc2)CC1=O.COC(=O)C1C([O-])=CC(=O)CC1CCSc1ccc(C)cc1.Cc1ccc(SCCC2CC(=O)C=C(O)C2)cc1.[Na+]. The van der Waals surface area contributed by atoms with Crippen LogP contribution in [-0.4, -0.2) is 98.3 Å². The zero-order valence-corrected chi connectivity index (χ0v) is 65.7. The molecule has 0 aliphatic heterocycles. The molecule has 14 nitrogen and oxygen atoms in total. The molecule has 0 saturated carbocycles. The number of carbonyl (C=O) groups excluding carboxylic acids is 7. The van der Waals surface area contributed by atoms with E-state index in [1.807, 2.05) is 87.6 Å². The summed E-state index contributed by atoms with van der Waals surface area (Å²) in [6.07, 6.45) is 10.6. The third-order valence-corrected chi connectivity index (χ3v) is 30.6. The van der Waals surface area contributed by atoms with Gasteiger partial charge >= 0.3 is 185 Å². The number of methoxy groups -OCH3 is 1. The molecule has 0 aromatic heterocycles. The fourth-order valence-corrected chi connectivity index (χ4v) is 25.8. The average molecular weight is 1540 g/mol. The van der Waals surface area contributed by atoms with Crippen molar-refractivity contribution in [3.05, 3.63) is 182 Å². The number of carbonyl (C=O) groups is 7. The number of ketones is 3. The smallest absolute Gasteiger partial charge is 0.875 e. The average Bonchev–Trinajstić information content (AvgIpc) is 0.779. The summed E-state index contributed by atoms with van der Waals surface area (Å²) in [4.78, 5) is 86.6. The maximum absolute atomic E-state index is 13.1. The molecule has 8 rings (SSSR count). The predicted molar refractivity (Wildman–Crippen MR) is 373 cm³/mol. The number of rotatable bonds is 22. The second-order valence-corrected chi connectivity index (χ2v) is 36.0. The number of ether oxygens (including phenoxy) is 1. The maximum atomic E-state index is 13.1. The van der Waals surface area contributed by atoms with E-state index in [4.69, 9.17) is 12.8 Å². The topological polar surface area (TPSA) is 220 Å². The first kappa shape index (κ1) is 81.0. The van der Waals surface area contributed by atoms with Crippen molar-refractivity contribution in [2.24, 2.45) is 23.7 Å². The van der Waals surface area contributed by atoms with Gasteiger partial charge in [-0.05, 0) is 154 Å². The molecular formula is C75H93NaO14PbS3. The molecule has 0 fully saturated rings. The van der Waals surface area contributed by atoms with Gasteiger partial charge in [0, 0.05) is 52.9 Å². The summed E-state index contributed by atoms with van der Waals surface area (Å²) in [7, 11) is 1.27. The van der Waals surface area contributed by atoms with Crippen LogP contribution >= 0.6 is 35.3 Å². The Labute approximate surface area is 598 Å². The van der Waals surface area contributed by atoms with Crippen molar-refractivity contribution in [3.63, 3.8) is 0 Å². The minimum atomic E-state index is -5.17. The number of Topliss-reactive ketones (excluding diaryl/α,β-unsaturated/α-hetero) is 1. The number of aliphatic hydroxyl groups is 2. The van der Waals surface area contributed by atoms with Crippen LogP contribution in [0, 0.1) is 58.3 Å². The van der Waals surface area contributed by atoms with Crippen molar-refractivity contribution in [3.8, 4) is 0 Å². The molecule has 5 aromatic carbocycles. The number of hydrogen-bond acceptors (Lipinski definition) is 17. The minimum absolute atomic E-state index is 0. The summed E-state index contributed by atoms with van der Waals surface area (Å²) >= 11 is 0.129. The Kier molecular flexibility index (Phi) is 34.8. The Balaban J connectivity index is 0.000000270.